The molecule has 2 aliphatic carbocycles. The molecule has 0 bridgehead atoms. The summed E-state index contributed by atoms with van der Waals surface area (Å²) in [6.45, 7) is 2.69. The van der Waals surface area contributed by atoms with Crippen LogP contribution in [0.1, 0.15) is 32.1 Å². The minimum atomic E-state index is 0.206. The maximum atomic E-state index is 6.06. The standard InChI is InChI=1S/C13H24N2O2/c1-16-10-7-13(8-10,9-14)15-5-6-17-12-4-2-3-11(12)15/h10-12H,2-9,14H2,1H3. The van der Waals surface area contributed by atoms with E-state index in [0.717, 1.165) is 32.5 Å². The molecule has 0 amide bonds. The monoisotopic (exact) mass is 240 g/mol. The summed E-state index contributed by atoms with van der Waals surface area (Å²) in [5, 5.41) is 0. The van der Waals surface area contributed by atoms with Gasteiger partial charge in [-0.1, -0.05) is 0 Å². The summed E-state index contributed by atoms with van der Waals surface area (Å²) in [6.07, 6.45) is 6.90. The Morgan fingerprint density at radius 3 is 2.94 bits per heavy atom. The second kappa shape index (κ2) is 4.50. The Balaban J connectivity index is 1.73. The highest BCUT2D eigenvalue weighted by Crippen LogP contribution is 2.44. The zero-order valence-corrected chi connectivity index (χ0v) is 10.7. The van der Waals surface area contributed by atoms with Crippen LogP contribution in [0.5, 0.6) is 0 Å². The second-order valence-corrected chi connectivity index (χ2v) is 5.80. The van der Waals surface area contributed by atoms with Crippen LogP contribution < -0.4 is 5.73 Å². The van der Waals surface area contributed by atoms with Gasteiger partial charge in [0, 0.05) is 31.8 Å². The third-order valence-electron chi connectivity index (χ3n) is 5.02. The van der Waals surface area contributed by atoms with E-state index < -0.39 is 0 Å². The molecule has 4 nitrogen and oxygen atoms in total. The van der Waals surface area contributed by atoms with Gasteiger partial charge in [0.05, 0.1) is 18.8 Å². The second-order valence-electron chi connectivity index (χ2n) is 5.80. The van der Waals surface area contributed by atoms with E-state index in [1.165, 1.54) is 19.3 Å². The molecule has 0 radical (unpaired) electrons. The number of methoxy groups -OCH3 is 1. The van der Waals surface area contributed by atoms with Crippen molar-refractivity contribution in [3.8, 4) is 0 Å². The van der Waals surface area contributed by atoms with Crippen LogP contribution in [0.2, 0.25) is 0 Å². The predicted molar refractivity (Wildman–Crippen MR) is 65.9 cm³/mol. The Labute approximate surface area is 103 Å². The van der Waals surface area contributed by atoms with Gasteiger partial charge in [-0.15, -0.1) is 0 Å². The van der Waals surface area contributed by atoms with Gasteiger partial charge in [0.25, 0.3) is 0 Å². The summed E-state index contributed by atoms with van der Waals surface area (Å²) in [6, 6.07) is 0.616. The quantitative estimate of drug-likeness (QED) is 0.790. The number of ether oxygens (including phenoxy) is 2. The van der Waals surface area contributed by atoms with Crippen molar-refractivity contribution in [3.63, 3.8) is 0 Å². The number of morpholine rings is 1. The van der Waals surface area contributed by atoms with Crippen LogP contribution in [0.15, 0.2) is 0 Å². The molecule has 0 aromatic heterocycles. The Morgan fingerprint density at radius 2 is 2.24 bits per heavy atom. The molecule has 1 aliphatic heterocycles. The van der Waals surface area contributed by atoms with Crippen LogP contribution in [-0.2, 0) is 9.47 Å². The summed E-state index contributed by atoms with van der Waals surface area (Å²) in [7, 11) is 1.81. The smallest absolute Gasteiger partial charge is 0.0731 e. The molecule has 2 N–H and O–H groups in total. The van der Waals surface area contributed by atoms with Crippen LogP contribution in [0, 0.1) is 0 Å². The Morgan fingerprint density at radius 1 is 1.41 bits per heavy atom. The lowest BCUT2D eigenvalue weighted by Crippen LogP contribution is -2.69. The Bertz CT molecular complexity index is 279. The lowest BCUT2D eigenvalue weighted by molar-refractivity contribution is -0.153. The number of nitrogens with two attached hydrogens (primary N) is 1. The van der Waals surface area contributed by atoms with Gasteiger partial charge < -0.3 is 15.2 Å². The average Bonchev–Trinajstić information content (AvgIpc) is 2.77. The first-order valence-electron chi connectivity index (χ1n) is 6.90. The Hall–Kier alpha value is -0.160. The van der Waals surface area contributed by atoms with Crippen LogP contribution >= 0.6 is 0 Å². The molecule has 2 unspecified atom stereocenters. The summed E-state index contributed by atoms with van der Waals surface area (Å²) >= 11 is 0. The Kier molecular flexibility index (Phi) is 3.15. The number of hydrogen-bond acceptors (Lipinski definition) is 4. The first-order valence-corrected chi connectivity index (χ1v) is 6.90. The molecule has 3 aliphatic rings. The van der Waals surface area contributed by atoms with Gasteiger partial charge in [0.15, 0.2) is 0 Å². The van der Waals surface area contributed by atoms with E-state index in [2.05, 4.69) is 4.90 Å². The van der Waals surface area contributed by atoms with E-state index in [1.807, 2.05) is 7.11 Å². The average molecular weight is 240 g/mol. The van der Waals surface area contributed by atoms with E-state index in [1.54, 1.807) is 0 Å². The highest BCUT2D eigenvalue weighted by Gasteiger charge is 2.52. The minimum absolute atomic E-state index is 0.206. The molecule has 4 heteroatoms. The molecular weight excluding hydrogens is 216 g/mol. The number of rotatable bonds is 3. The maximum absolute atomic E-state index is 6.06. The molecular formula is C13H24N2O2. The molecule has 3 rings (SSSR count). The number of nitrogens with zero attached hydrogens (tertiary/aromatic N) is 1. The van der Waals surface area contributed by atoms with Gasteiger partial charge in [-0.25, -0.2) is 0 Å². The third kappa shape index (κ3) is 1.82. The van der Waals surface area contributed by atoms with Gasteiger partial charge in [0.2, 0.25) is 0 Å². The molecule has 1 saturated heterocycles. The first-order chi connectivity index (χ1) is 8.29. The highest BCUT2D eigenvalue weighted by molar-refractivity contribution is 5.08. The molecule has 2 saturated carbocycles. The maximum Gasteiger partial charge on any atom is 0.0731 e. The lowest BCUT2D eigenvalue weighted by atomic mass is 9.71. The van der Waals surface area contributed by atoms with Crippen molar-refractivity contribution in [3.05, 3.63) is 0 Å². The number of fused-ring (bicyclic) bond motifs is 1. The van der Waals surface area contributed by atoms with Gasteiger partial charge in [-0.3, -0.25) is 4.90 Å². The lowest BCUT2D eigenvalue weighted by Gasteiger charge is -2.57. The minimum Gasteiger partial charge on any atom is -0.381 e. The van der Waals surface area contributed by atoms with Crippen LogP contribution in [-0.4, -0.2) is 55.5 Å². The summed E-state index contributed by atoms with van der Waals surface area (Å²) in [5.74, 6) is 0. The fourth-order valence-electron chi connectivity index (χ4n) is 3.99. The van der Waals surface area contributed by atoms with Crippen molar-refractivity contribution in [2.45, 2.75) is 55.9 Å². The number of hydrogen-bond donors (Lipinski definition) is 1. The van der Waals surface area contributed by atoms with E-state index in [-0.39, 0.29) is 5.54 Å². The van der Waals surface area contributed by atoms with Crippen LogP contribution in [0.4, 0.5) is 0 Å². The zero-order valence-electron chi connectivity index (χ0n) is 10.7. The van der Waals surface area contributed by atoms with Crippen molar-refractivity contribution in [1.29, 1.82) is 0 Å². The van der Waals surface area contributed by atoms with Gasteiger partial charge in [0.1, 0.15) is 0 Å². The largest absolute Gasteiger partial charge is 0.381 e. The molecule has 0 aromatic rings. The first kappa shape index (κ1) is 11.9. The van der Waals surface area contributed by atoms with Crippen LogP contribution in [0.3, 0.4) is 0 Å². The normalized spacial score (nSPS) is 46.6. The molecule has 98 valence electrons. The van der Waals surface area contributed by atoms with E-state index >= 15 is 0 Å². The molecule has 0 aromatic carbocycles. The van der Waals surface area contributed by atoms with E-state index in [9.17, 15) is 0 Å². The zero-order chi connectivity index (χ0) is 11.9. The van der Waals surface area contributed by atoms with E-state index in [0.29, 0.717) is 18.2 Å². The summed E-state index contributed by atoms with van der Waals surface area (Å²) in [4.78, 5) is 2.66. The van der Waals surface area contributed by atoms with E-state index in [4.69, 9.17) is 15.2 Å². The van der Waals surface area contributed by atoms with Crippen LogP contribution in [0.25, 0.3) is 0 Å². The topological polar surface area (TPSA) is 47.7 Å². The van der Waals surface area contributed by atoms with Crippen molar-refractivity contribution < 1.29 is 9.47 Å². The molecule has 17 heavy (non-hydrogen) atoms. The summed E-state index contributed by atoms with van der Waals surface area (Å²) in [5.41, 5.74) is 6.27. The third-order valence-corrected chi connectivity index (χ3v) is 5.02. The van der Waals surface area contributed by atoms with Gasteiger partial charge in [-0.05, 0) is 32.1 Å². The van der Waals surface area contributed by atoms with Gasteiger partial charge >= 0.3 is 0 Å². The van der Waals surface area contributed by atoms with Crippen molar-refractivity contribution in [2.75, 3.05) is 26.8 Å². The van der Waals surface area contributed by atoms with Crippen molar-refractivity contribution >= 4 is 0 Å². The van der Waals surface area contributed by atoms with Crippen molar-refractivity contribution in [2.24, 2.45) is 5.73 Å². The molecule has 3 fully saturated rings. The molecule has 2 atom stereocenters. The predicted octanol–water partition coefficient (Wildman–Crippen LogP) is 0.746. The molecule has 0 spiro atoms. The van der Waals surface area contributed by atoms with Crippen molar-refractivity contribution in [1.82, 2.24) is 4.90 Å². The molecule has 1 heterocycles. The highest BCUT2D eigenvalue weighted by atomic mass is 16.5. The van der Waals surface area contributed by atoms with Gasteiger partial charge in [-0.2, -0.15) is 0 Å². The fourth-order valence-corrected chi connectivity index (χ4v) is 3.99. The summed E-state index contributed by atoms with van der Waals surface area (Å²) < 4.78 is 11.3. The SMILES string of the molecule is COC1CC(CN)(N2CCOC3CCCC32)C1. The fraction of sp³-hybridized carbons (Fsp3) is 1.00.